The number of cyclic esters (lactones) is 1. The molecule has 1 aromatic rings. The van der Waals surface area contributed by atoms with Gasteiger partial charge in [-0.3, -0.25) is 19.3 Å². The van der Waals surface area contributed by atoms with Crippen LogP contribution in [0.1, 0.15) is 120 Å². The van der Waals surface area contributed by atoms with Crippen molar-refractivity contribution in [3.8, 4) is 0 Å². The molecular formula is C51H89N3O15. The summed E-state index contributed by atoms with van der Waals surface area (Å²) in [6.45, 7) is 18.5. The Labute approximate surface area is 411 Å². The zero-order valence-corrected chi connectivity index (χ0v) is 43.7. The summed E-state index contributed by atoms with van der Waals surface area (Å²) in [7, 11) is 5.27. The summed E-state index contributed by atoms with van der Waals surface area (Å²) in [5, 5.41) is 69.8. The fourth-order valence-corrected chi connectivity index (χ4v) is 10.6. The number of esters is 1. The molecule has 1 aromatic carbocycles. The SMILES string of the molecule is CC[C@H]1OC(=O)[C@H](C)[C@@H](O[C@H]2C[C@@](C)(OC)[C@@H](O)[C@H](C)O2)[C@H](C)[C@@H](O[C@@H]2O[C@H](C)C[C@H](N(C)C)[C@H]2O)[C@](C)(O)C[C@@H](C)CN(CCCNC(=O)CCCc2ccccc2)[C@H](C)[C@@H](O)[C@]1(C)O.O=CO. The smallest absolute Gasteiger partial charge is 0.311 e. The van der Waals surface area contributed by atoms with Gasteiger partial charge in [0.1, 0.15) is 30.0 Å². The summed E-state index contributed by atoms with van der Waals surface area (Å²) in [5.74, 6) is -2.86. The number of hydrogen-bond donors (Lipinski definition) is 7. The van der Waals surface area contributed by atoms with E-state index in [1.54, 1.807) is 34.6 Å². The van der Waals surface area contributed by atoms with E-state index in [1.165, 1.54) is 19.6 Å². The minimum atomic E-state index is -1.90. The molecule has 69 heavy (non-hydrogen) atoms. The van der Waals surface area contributed by atoms with Gasteiger partial charge in [-0.2, -0.15) is 0 Å². The van der Waals surface area contributed by atoms with E-state index in [4.69, 9.17) is 38.3 Å². The molecule has 0 saturated carbocycles. The average molecular weight is 984 g/mol. The first-order chi connectivity index (χ1) is 32.3. The molecule has 0 radical (unpaired) electrons. The van der Waals surface area contributed by atoms with E-state index in [0.717, 1.165) is 12.8 Å². The Hall–Kier alpha value is -2.85. The van der Waals surface area contributed by atoms with Crippen LogP contribution in [0.15, 0.2) is 30.3 Å². The van der Waals surface area contributed by atoms with Crippen LogP contribution in [0.3, 0.4) is 0 Å². The van der Waals surface area contributed by atoms with Crippen LogP contribution in [0.5, 0.6) is 0 Å². The van der Waals surface area contributed by atoms with Crippen LogP contribution in [0.2, 0.25) is 0 Å². The van der Waals surface area contributed by atoms with Crippen molar-refractivity contribution in [1.29, 1.82) is 0 Å². The number of carboxylic acid groups (broad SMARTS) is 1. The minimum Gasteiger partial charge on any atom is -0.483 e. The van der Waals surface area contributed by atoms with E-state index >= 15 is 0 Å². The largest absolute Gasteiger partial charge is 0.483 e. The molecule has 0 bridgehead atoms. The quantitative estimate of drug-likeness (QED) is 0.0755. The number of rotatable bonds is 15. The third kappa shape index (κ3) is 16.6. The van der Waals surface area contributed by atoms with E-state index in [1.807, 2.05) is 69.8 Å². The summed E-state index contributed by atoms with van der Waals surface area (Å²) >= 11 is 0. The van der Waals surface area contributed by atoms with E-state index < -0.39 is 96.0 Å². The van der Waals surface area contributed by atoms with Crippen LogP contribution >= 0.6 is 0 Å². The van der Waals surface area contributed by atoms with Gasteiger partial charge in [-0.25, -0.2) is 0 Å². The molecule has 3 aliphatic rings. The van der Waals surface area contributed by atoms with Crippen LogP contribution in [0, 0.1) is 17.8 Å². The predicted molar refractivity (Wildman–Crippen MR) is 259 cm³/mol. The number of methoxy groups -OCH3 is 1. The molecule has 18 nitrogen and oxygen atoms in total. The summed E-state index contributed by atoms with van der Waals surface area (Å²) in [4.78, 5) is 39.7. The molecule has 0 unspecified atom stereocenters. The molecular weight excluding hydrogens is 895 g/mol. The third-order valence-electron chi connectivity index (χ3n) is 14.7. The Morgan fingerprint density at radius 1 is 0.957 bits per heavy atom. The highest BCUT2D eigenvalue weighted by atomic mass is 16.7. The van der Waals surface area contributed by atoms with Crippen molar-refractivity contribution in [2.75, 3.05) is 40.8 Å². The Bertz CT molecular complexity index is 1690. The number of aryl methyl sites for hydroxylation is 1. The van der Waals surface area contributed by atoms with Crippen molar-refractivity contribution in [2.24, 2.45) is 17.8 Å². The number of ether oxygens (including phenoxy) is 6. The number of aliphatic hydroxyl groups excluding tert-OH is 3. The second-order valence-corrected chi connectivity index (χ2v) is 20.9. The molecule has 18 heteroatoms. The lowest BCUT2D eigenvalue weighted by molar-refractivity contribution is -0.318. The third-order valence-corrected chi connectivity index (χ3v) is 14.7. The van der Waals surface area contributed by atoms with Gasteiger partial charge < -0.3 is 69.3 Å². The number of carbonyl (C=O) groups is 3. The lowest BCUT2D eigenvalue weighted by Crippen LogP contribution is -2.60. The zero-order chi connectivity index (χ0) is 52.0. The Balaban J connectivity index is 0.00000409. The van der Waals surface area contributed by atoms with Gasteiger partial charge in [-0.15, -0.1) is 0 Å². The number of nitrogens with one attached hydrogen (secondary N) is 1. The highest BCUT2D eigenvalue weighted by Gasteiger charge is 2.53. The van der Waals surface area contributed by atoms with E-state index in [2.05, 4.69) is 17.4 Å². The van der Waals surface area contributed by atoms with Gasteiger partial charge in [0.2, 0.25) is 5.91 Å². The van der Waals surface area contributed by atoms with Crippen molar-refractivity contribution in [3.63, 3.8) is 0 Å². The van der Waals surface area contributed by atoms with Crippen LogP contribution in [0.25, 0.3) is 0 Å². The van der Waals surface area contributed by atoms with E-state index in [9.17, 15) is 35.1 Å². The number of aliphatic hydroxyl groups is 5. The topological polar surface area (TPSA) is 246 Å². The number of amides is 1. The van der Waals surface area contributed by atoms with Crippen molar-refractivity contribution < 1.29 is 73.4 Å². The van der Waals surface area contributed by atoms with Gasteiger partial charge in [0, 0.05) is 57.6 Å². The van der Waals surface area contributed by atoms with Gasteiger partial charge in [0.15, 0.2) is 12.6 Å². The van der Waals surface area contributed by atoms with Crippen molar-refractivity contribution >= 4 is 18.3 Å². The summed E-state index contributed by atoms with van der Waals surface area (Å²) < 4.78 is 38.1. The van der Waals surface area contributed by atoms with Crippen molar-refractivity contribution in [2.45, 2.75) is 211 Å². The number of carbonyl (C=O) groups excluding carboxylic acids is 2. The normalized spacial score (nSPS) is 39.8. The number of likely N-dealkylation sites (N-methyl/N-ethyl adjacent to an activating group) is 1. The van der Waals surface area contributed by atoms with Crippen LogP contribution in [0.4, 0.5) is 0 Å². The summed E-state index contributed by atoms with van der Waals surface area (Å²) in [6, 6.07) is 9.08. The predicted octanol–water partition coefficient (Wildman–Crippen LogP) is 3.50. The molecule has 4 rings (SSSR count). The van der Waals surface area contributed by atoms with E-state index in [0.29, 0.717) is 38.9 Å². The second-order valence-electron chi connectivity index (χ2n) is 20.9. The van der Waals surface area contributed by atoms with Crippen molar-refractivity contribution in [1.82, 2.24) is 15.1 Å². The standard InChI is InChI=1S/C50H87N3O13.CH2O2/c1-14-38-50(10,60)43(56)34(6)53(25-19-24-51-39(54)23-18-22-36-20-16-15-17-21-36)29-30(2)27-48(8,59)45(66-47-41(55)37(52(11)12)26-31(3)62-47)32(4)42(33(5)46(58)64-38)65-40-28-49(9,61-13)44(57)35(7)63-40;2-1-3/h15-17,20-21,30-35,37-38,40-45,47,55-57,59-60H,14,18-19,22-29H2,1-13H3,(H,51,54);1H,(H,2,3)/t30-,31-,32+,33-,34-,35+,37+,38-,40+,41-,42+,43-,44+,45-,47+,48-,49-,50-;/m1./s1. The number of hydrogen-bond acceptors (Lipinski definition) is 16. The summed E-state index contributed by atoms with van der Waals surface area (Å²) in [6.07, 6.45) is -6.41. The maximum atomic E-state index is 14.5. The molecule has 0 aliphatic carbocycles. The molecule has 3 saturated heterocycles. The number of nitrogens with zero attached hydrogens (tertiary/aromatic N) is 2. The molecule has 18 atom stereocenters. The van der Waals surface area contributed by atoms with Gasteiger partial charge >= 0.3 is 5.97 Å². The molecule has 398 valence electrons. The summed E-state index contributed by atoms with van der Waals surface area (Å²) in [5.41, 5.74) is -3.41. The van der Waals surface area contributed by atoms with E-state index in [-0.39, 0.29) is 49.7 Å². The molecule has 0 aromatic heterocycles. The van der Waals surface area contributed by atoms with Crippen molar-refractivity contribution in [3.05, 3.63) is 35.9 Å². The minimum absolute atomic E-state index is 0.0408. The maximum absolute atomic E-state index is 14.5. The maximum Gasteiger partial charge on any atom is 0.311 e. The average Bonchev–Trinajstić information content (AvgIpc) is 3.29. The molecule has 0 spiro atoms. The first-order valence-electron chi connectivity index (χ1n) is 24.9. The van der Waals surface area contributed by atoms with Gasteiger partial charge in [-0.05, 0) is 113 Å². The molecule has 3 heterocycles. The Morgan fingerprint density at radius 2 is 1.59 bits per heavy atom. The van der Waals surface area contributed by atoms with Crippen LogP contribution in [-0.2, 0) is 49.2 Å². The lowest BCUT2D eigenvalue weighted by Gasteiger charge is -2.48. The zero-order valence-electron chi connectivity index (χ0n) is 43.7. The first-order valence-corrected chi connectivity index (χ1v) is 24.9. The van der Waals surface area contributed by atoms with Gasteiger partial charge in [0.25, 0.3) is 6.47 Å². The fourth-order valence-electron chi connectivity index (χ4n) is 10.6. The highest BCUT2D eigenvalue weighted by Crippen LogP contribution is 2.40. The Morgan fingerprint density at radius 3 is 2.19 bits per heavy atom. The Kier molecular flexibility index (Phi) is 23.9. The number of benzene rings is 1. The van der Waals surface area contributed by atoms with Gasteiger partial charge in [0.05, 0.1) is 41.5 Å². The lowest BCUT2D eigenvalue weighted by atomic mass is 9.77. The second kappa shape index (κ2) is 27.3. The molecule has 3 fully saturated rings. The van der Waals surface area contributed by atoms with Gasteiger partial charge in [-0.1, -0.05) is 51.1 Å². The highest BCUT2D eigenvalue weighted by molar-refractivity contribution is 5.75. The first kappa shape index (κ1) is 60.5. The molecule has 1 amide bonds. The monoisotopic (exact) mass is 984 g/mol. The van der Waals surface area contributed by atoms with Crippen LogP contribution < -0.4 is 5.32 Å². The van der Waals surface area contributed by atoms with Crippen LogP contribution in [-0.4, -0.2) is 190 Å². The molecule has 7 N–H and O–H groups in total. The fraction of sp³-hybridized carbons (Fsp3) is 0.824. The molecule has 3 aliphatic heterocycles.